The SMILES string of the molecule is CC(/C=C/c1ccc(Br)cc1)=C\[C@H](O)[C@@H]1CC(=O)N[C@@H](CO)C(=O)N[C@@H]2Cn3cnc(c3)C[C@H](NC(=O)C[C@H](O)CC(C(=O)O)NC(=O)CCNC(=O)C(Cc3ccc(Br)cc3)NC(=O)C([C@@H](O)C(N)=O)NC(=O)[C@H](CC(N)=O)NC2=O)C(=O)N[C@@H]([C@H](C)O)C(=O)NC(CO)C(=O)N[C@@H](Cc2ccccc2)C(=O)N1. The van der Waals surface area contributed by atoms with Crippen molar-refractivity contribution in [3.63, 3.8) is 0 Å². The summed E-state index contributed by atoms with van der Waals surface area (Å²) in [6.07, 6.45) is -7.85. The van der Waals surface area contributed by atoms with Crippen molar-refractivity contribution in [1.29, 1.82) is 0 Å². The van der Waals surface area contributed by atoms with Gasteiger partial charge in [-0.05, 0) is 54.8 Å². The predicted molar refractivity (Wildman–Crippen MR) is 388 cm³/mol. The van der Waals surface area contributed by atoms with Crippen LogP contribution in [0.3, 0.4) is 0 Å². The zero-order chi connectivity index (χ0) is 80.3. The summed E-state index contributed by atoms with van der Waals surface area (Å²) >= 11 is 6.65. The Balaban J connectivity index is 1.49. The number of nitrogens with two attached hydrogens (primary N) is 2. The number of hydrogen-bond donors (Lipinski definition) is 21. The van der Waals surface area contributed by atoms with Crippen LogP contribution >= 0.6 is 31.9 Å². The van der Waals surface area contributed by atoms with E-state index >= 15 is 0 Å². The Morgan fingerprint density at radius 3 is 1.73 bits per heavy atom. The second kappa shape index (κ2) is 42.0. The van der Waals surface area contributed by atoms with E-state index < -0.39 is 244 Å². The number of carboxylic acid groups (broad SMARTS) is 1. The summed E-state index contributed by atoms with van der Waals surface area (Å²) in [5.41, 5.74) is 12.6. The Labute approximate surface area is 638 Å². The van der Waals surface area contributed by atoms with Gasteiger partial charge in [0, 0.05) is 60.2 Å². The van der Waals surface area contributed by atoms with E-state index in [1.165, 1.54) is 18.2 Å². The summed E-state index contributed by atoms with van der Waals surface area (Å²) in [6.45, 7) is -1.30. The summed E-state index contributed by atoms with van der Waals surface area (Å²) < 4.78 is 2.41. The number of aliphatic carboxylic acids is 1. The minimum atomic E-state index is -2.66. The number of carbonyl (C=O) groups excluding carboxylic acids is 14. The molecule has 4 aromatic rings. The first kappa shape index (κ1) is 87.0. The number of carboxylic acids is 1. The van der Waals surface area contributed by atoms with Crippen LogP contribution in [0.2, 0.25) is 0 Å². The van der Waals surface area contributed by atoms with Crippen LogP contribution in [0.1, 0.15) is 68.3 Å². The summed E-state index contributed by atoms with van der Waals surface area (Å²) in [7, 11) is 0. The number of hydrogen-bond acceptors (Lipinski definition) is 22. The van der Waals surface area contributed by atoms with Crippen LogP contribution in [0.5, 0.6) is 0 Å². The Kier molecular flexibility index (Phi) is 33.6. The highest BCUT2D eigenvalue weighted by molar-refractivity contribution is 9.10. The van der Waals surface area contributed by atoms with Crippen LogP contribution in [-0.2, 0) is 97.7 Å². The largest absolute Gasteiger partial charge is 0.480 e. The third kappa shape index (κ3) is 28.0. The average molecular weight is 1650 g/mol. The molecule has 0 spiro atoms. The number of imidazole rings is 1. The first-order chi connectivity index (χ1) is 51.6. The number of nitrogens with one attached hydrogen (secondary N) is 12. The molecule has 40 heteroatoms. The highest BCUT2D eigenvalue weighted by Gasteiger charge is 2.40. The van der Waals surface area contributed by atoms with Crippen LogP contribution in [0.4, 0.5) is 0 Å². The number of aromatic nitrogens is 2. The molecule has 6 rings (SSSR count). The maximum absolute atomic E-state index is 14.9. The molecule has 4 unspecified atom stereocenters. The number of halogens is 2. The molecule has 3 aromatic carbocycles. The highest BCUT2D eigenvalue weighted by atomic mass is 79.9. The summed E-state index contributed by atoms with van der Waals surface area (Å²) in [5, 5.41) is 104. The zero-order valence-corrected chi connectivity index (χ0v) is 61.8. The molecule has 0 saturated carbocycles. The highest BCUT2D eigenvalue weighted by Crippen LogP contribution is 2.18. The molecular weight excluding hydrogens is 1560 g/mol. The van der Waals surface area contributed by atoms with Gasteiger partial charge in [0.15, 0.2) is 6.10 Å². The van der Waals surface area contributed by atoms with Crippen molar-refractivity contribution >= 4 is 127 Å². The summed E-state index contributed by atoms with van der Waals surface area (Å²) in [4.78, 5) is 214. The Morgan fingerprint density at radius 2 is 1.12 bits per heavy atom. The maximum atomic E-state index is 14.9. The predicted octanol–water partition coefficient (Wildman–Crippen LogP) is -6.97. The lowest BCUT2D eigenvalue weighted by molar-refractivity contribution is -0.143. The van der Waals surface area contributed by atoms with E-state index in [1.807, 2.05) is 5.32 Å². The van der Waals surface area contributed by atoms with Gasteiger partial charge in [-0.15, -0.1) is 0 Å². The van der Waals surface area contributed by atoms with Gasteiger partial charge >= 0.3 is 5.97 Å². The maximum Gasteiger partial charge on any atom is 0.326 e. The topological polar surface area (TPSA) is 612 Å². The molecule has 0 fully saturated rings. The fourth-order valence-corrected chi connectivity index (χ4v) is 11.6. The molecule has 15 atom stereocenters. The molecule has 1 aromatic heterocycles. The number of amides is 14. The van der Waals surface area contributed by atoms with E-state index in [0.29, 0.717) is 26.7 Å². The quantitative estimate of drug-likeness (QED) is 0.0464. The number of rotatable bonds is 16. The van der Waals surface area contributed by atoms with Gasteiger partial charge in [-0.1, -0.05) is 110 Å². The molecule has 38 nitrogen and oxygen atoms in total. The number of aliphatic hydroxyl groups excluding tert-OH is 6. The Morgan fingerprint density at radius 1 is 0.587 bits per heavy atom. The lowest BCUT2D eigenvalue weighted by Crippen LogP contribution is -2.63. The number of carbonyl (C=O) groups is 15. The van der Waals surface area contributed by atoms with Crippen molar-refractivity contribution in [2.75, 3.05) is 19.8 Å². The monoisotopic (exact) mass is 1650 g/mol. The Hall–Kier alpha value is -10.9. The standard InChI is InChI=1S/C69H86Br2N16O22/c1-33(8-9-35-10-14-38(70)15-11-35)20-51(92)42-27-55(96)78-49(30-88)65(104)83-48-29-87-28-40(75-32-87)23-45(62(101)85-56(34(2)90)67(106)84-50(31-89)66(105)80-44(61(100)79-42)21-36-6-4-3-5-7-36)76-54(95)25-41(91)24-47(69(108)109)77-53(94)18-19-74-60(99)43(22-37-12-16-39(71)17-13-37)82-68(107)57(58(97)59(73)98)86-63(102)46(26-52(72)93)81-64(48)103/h3-17,20,28,32,34,41-51,56-58,88-92,97H,18-19,21-27,29-31H2,1-2H3,(H2,72,93)(H2,73,98)(H,74,99)(H,76,95)(H,77,94)(H,78,96)(H,79,100)(H,80,105)(H,81,103)(H,82,107)(H,83,104)(H,84,106)(H,85,101)(H,86,102)(H,108,109)/b9-8+,33-20+/t34-,41+,42-,43?,44-,45-,46-,47?,48+,49-,50?,51-,56-,57?,58+/m0/s1. The summed E-state index contributed by atoms with van der Waals surface area (Å²) in [6, 6.07) is -0.766. The van der Waals surface area contributed by atoms with Gasteiger partial charge in [0.2, 0.25) is 82.7 Å². The van der Waals surface area contributed by atoms with Crippen molar-refractivity contribution in [1.82, 2.24) is 73.4 Å². The molecule has 0 saturated heterocycles. The fourth-order valence-electron chi connectivity index (χ4n) is 11.0. The molecular formula is C69H86Br2N16O22. The fraction of sp³-hybridized carbons (Fsp3) is 0.420. The van der Waals surface area contributed by atoms with E-state index in [0.717, 1.165) is 28.5 Å². The smallest absolute Gasteiger partial charge is 0.326 e. The summed E-state index contributed by atoms with van der Waals surface area (Å²) in [5.74, 6) is -20.1. The van der Waals surface area contributed by atoms with Gasteiger partial charge in [0.25, 0.3) is 0 Å². The molecule has 14 amide bonds. The van der Waals surface area contributed by atoms with E-state index in [1.54, 1.807) is 85.8 Å². The second-order valence-electron chi connectivity index (χ2n) is 25.6. The van der Waals surface area contributed by atoms with Crippen LogP contribution < -0.4 is 75.3 Å². The van der Waals surface area contributed by atoms with E-state index in [2.05, 4.69) is 95.3 Å². The molecule has 2 aliphatic rings. The molecule has 109 heavy (non-hydrogen) atoms. The average Bonchev–Trinajstić information content (AvgIpc) is 1.62. The lowest BCUT2D eigenvalue weighted by Gasteiger charge is -2.28. The number of nitrogens with zero attached hydrogens (tertiary/aromatic N) is 2. The molecule has 0 radical (unpaired) electrons. The normalized spacial score (nSPS) is 25.4. The van der Waals surface area contributed by atoms with Crippen molar-refractivity contribution in [2.45, 2.75) is 163 Å². The van der Waals surface area contributed by atoms with Crippen molar-refractivity contribution in [3.05, 3.63) is 140 Å². The minimum absolute atomic E-state index is 0.205. The molecule has 23 N–H and O–H groups in total. The molecule has 2 aliphatic heterocycles. The van der Waals surface area contributed by atoms with Gasteiger partial charge in [-0.25, -0.2) is 9.78 Å². The Bertz CT molecular complexity index is 4020. The lowest BCUT2D eigenvalue weighted by atomic mass is 10.0. The molecule has 3 heterocycles. The van der Waals surface area contributed by atoms with Crippen molar-refractivity contribution in [3.8, 4) is 0 Å². The first-order valence-electron chi connectivity index (χ1n) is 33.8. The van der Waals surface area contributed by atoms with Crippen LogP contribution in [-0.4, -0.2) is 245 Å². The molecule has 0 aliphatic carbocycles. The van der Waals surface area contributed by atoms with Crippen molar-refractivity contribution < 1.29 is 108 Å². The molecule has 4 bridgehead atoms. The number of aliphatic hydroxyl groups is 6. The first-order valence-corrected chi connectivity index (χ1v) is 35.4. The number of fused-ring (bicyclic) bond motifs is 2. The third-order valence-electron chi connectivity index (χ3n) is 16.8. The van der Waals surface area contributed by atoms with Crippen LogP contribution in [0, 0.1) is 0 Å². The van der Waals surface area contributed by atoms with Crippen LogP contribution in [0.15, 0.2) is 118 Å². The van der Waals surface area contributed by atoms with E-state index in [-0.39, 0.29) is 18.5 Å². The number of primary amides is 2. The van der Waals surface area contributed by atoms with E-state index in [4.69, 9.17) is 11.5 Å². The van der Waals surface area contributed by atoms with Gasteiger partial charge in [-0.2, -0.15) is 0 Å². The van der Waals surface area contributed by atoms with E-state index in [9.17, 15) is 108 Å². The van der Waals surface area contributed by atoms with Crippen molar-refractivity contribution in [2.24, 2.45) is 11.5 Å². The second-order valence-corrected chi connectivity index (χ2v) is 27.5. The molecule has 588 valence electrons. The zero-order valence-electron chi connectivity index (χ0n) is 58.6. The van der Waals surface area contributed by atoms with Crippen LogP contribution in [0.25, 0.3) is 6.08 Å². The van der Waals surface area contributed by atoms with Gasteiger partial charge in [-0.3, -0.25) is 67.1 Å². The third-order valence-corrected chi connectivity index (χ3v) is 17.9. The number of benzene rings is 3. The van der Waals surface area contributed by atoms with Gasteiger partial charge < -0.3 is 116 Å². The minimum Gasteiger partial charge on any atom is -0.480 e. The van der Waals surface area contributed by atoms with Gasteiger partial charge in [0.05, 0.1) is 69.0 Å². The number of allylic oxidation sites excluding steroid dienone is 2. The van der Waals surface area contributed by atoms with Gasteiger partial charge in [0.1, 0.15) is 60.4 Å².